The maximum absolute atomic E-state index is 5.59. The molecule has 0 amide bonds. The van der Waals surface area contributed by atoms with Crippen LogP contribution in [0.3, 0.4) is 0 Å². The van der Waals surface area contributed by atoms with Crippen molar-refractivity contribution in [3.63, 3.8) is 0 Å². The molecule has 15 heavy (non-hydrogen) atoms. The van der Waals surface area contributed by atoms with Crippen LogP contribution in [0.25, 0.3) is 0 Å². The molecule has 1 N–H and O–H groups in total. The smallest absolute Gasteiger partial charge is 0.0222 e. The van der Waals surface area contributed by atoms with E-state index in [9.17, 15) is 0 Å². The standard InChI is InChI=1S/C12H23ClN2/c1-4-11-8-14-12(10(2)3)9-15(11)7-5-6-13/h5-6,10-12,14H,4,7-9H2,1-3H3/b6-5+. The van der Waals surface area contributed by atoms with Gasteiger partial charge in [0.15, 0.2) is 0 Å². The Morgan fingerprint density at radius 3 is 2.80 bits per heavy atom. The third-order valence-corrected chi connectivity index (χ3v) is 3.45. The largest absolute Gasteiger partial charge is 0.311 e. The van der Waals surface area contributed by atoms with Crippen LogP contribution in [0.15, 0.2) is 11.6 Å². The first-order valence-electron chi connectivity index (χ1n) is 5.91. The van der Waals surface area contributed by atoms with E-state index >= 15 is 0 Å². The van der Waals surface area contributed by atoms with Gasteiger partial charge in [-0.05, 0) is 12.3 Å². The fourth-order valence-corrected chi connectivity index (χ4v) is 2.21. The lowest BCUT2D eigenvalue weighted by atomic mass is 9.98. The Morgan fingerprint density at radius 1 is 1.53 bits per heavy atom. The molecule has 0 saturated carbocycles. The fraction of sp³-hybridized carbons (Fsp3) is 0.833. The Morgan fingerprint density at radius 2 is 2.27 bits per heavy atom. The fourth-order valence-electron chi connectivity index (χ4n) is 2.13. The number of nitrogens with one attached hydrogen (secondary N) is 1. The van der Waals surface area contributed by atoms with Crippen LogP contribution in [0.1, 0.15) is 27.2 Å². The van der Waals surface area contributed by atoms with Crippen LogP contribution in [-0.4, -0.2) is 36.6 Å². The van der Waals surface area contributed by atoms with Crippen LogP contribution in [0.4, 0.5) is 0 Å². The van der Waals surface area contributed by atoms with Crippen LogP contribution in [0.5, 0.6) is 0 Å². The van der Waals surface area contributed by atoms with Crippen LogP contribution in [-0.2, 0) is 0 Å². The lowest BCUT2D eigenvalue weighted by Gasteiger charge is -2.41. The quantitative estimate of drug-likeness (QED) is 0.798. The average Bonchev–Trinajstić information content (AvgIpc) is 2.25. The highest BCUT2D eigenvalue weighted by Gasteiger charge is 2.27. The highest BCUT2D eigenvalue weighted by atomic mass is 35.5. The zero-order valence-electron chi connectivity index (χ0n) is 10.0. The first-order chi connectivity index (χ1) is 7.19. The lowest BCUT2D eigenvalue weighted by Crippen LogP contribution is -2.57. The molecule has 0 aromatic heterocycles. The Labute approximate surface area is 98.7 Å². The molecule has 0 aromatic rings. The van der Waals surface area contributed by atoms with Crippen molar-refractivity contribution in [3.8, 4) is 0 Å². The molecule has 1 rings (SSSR count). The van der Waals surface area contributed by atoms with Gasteiger partial charge in [-0.15, -0.1) is 0 Å². The van der Waals surface area contributed by atoms with Crippen molar-refractivity contribution in [1.29, 1.82) is 0 Å². The molecular formula is C12H23ClN2. The van der Waals surface area contributed by atoms with Gasteiger partial charge in [0.25, 0.3) is 0 Å². The summed E-state index contributed by atoms with van der Waals surface area (Å²) in [6.45, 7) is 10.0. The minimum atomic E-state index is 0.622. The van der Waals surface area contributed by atoms with E-state index in [0.717, 1.165) is 19.6 Å². The minimum absolute atomic E-state index is 0.622. The summed E-state index contributed by atoms with van der Waals surface area (Å²) in [4.78, 5) is 2.53. The number of nitrogens with zero attached hydrogens (tertiary/aromatic N) is 1. The van der Waals surface area contributed by atoms with Crippen LogP contribution in [0, 0.1) is 5.92 Å². The number of halogens is 1. The lowest BCUT2D eigenvalue weighted by molar-refractivity contribution is 0.123. The molecule has 3 heteroatoms. The van der Waals surface area contributed by atoms with Crippen molar-refractivity contribution in [2.24, 2.45) is 5.92 Å². The SMILES string of the molecule is CCC1CNC(C(C)C)CN1C/C=C/Cl. The summed E-state index contributed by atoms with van der Waals surface area (Å²) in [5.41, 5.74) is 1.62. The van der Waals surface area contributed by atoms with Gasteiger partial charge in [0.1, 0.15) is 0 Å². The molecule has 1 aliphatic rings. The number of hydrogen-bond acceptors (Lipinski definition) is 2. The molecule has 2 atom stereocenters. The monoisotopic (exact) mass is 230 g/mol. The Balaban J connectivity index is 2.52. The van der Waals surface area contributed by atoms with Gasteiger partial charge in [0, 0.05) is 37.3 Å². The summed E-state index contributed by atoms with van der Waals surface area (Å²) in [6, 6.07) is 1.28. The topological polar surface area (TPSA) is 15.3 Å². The van der Waals surface area contributed by atoms with E-state index in [1.165, 1.54) is 6.42 Å². The van der Waals surface area contributed by atoms with Gasteiger partial charge in [-0.25, -0.2) is 0 Å². The predicted molar refractivity (Wildman–Crippen MR) is 67.3 cm³/mol. The molecule has 0 aromatic carbocycles. The Bertz CT molecular complexity index is 204. The maximum Gasteiger partial charge on any atom is 0.0222 e. The van der Waals surface area contributed by atoms with E-state index in [1.807, 2.05) is 6.08 Å². The van der Waals surface area contributed by atoms with Crippen LogP contribution >= 0.6 is 11.6 Å². The third kappa shape index (κ3) is 3.78. The maximum atomic E-state index is 5.59. The molecule has 0 bridgehead atoms. The second-order valence-corrected chi connectivity index (χ2v) is 4.89. The molecule has 0 spiro atoms. The van der Waals surface area contributed by atoms with Crippen LogP contribution in [0.2, 0.25) is 0 Å². The Kier molecular flexibility index (Phi) is 5.65. The molecule has 1 fully saturated rings. The van der Waals surface area contributed by atoms with Crippen molar-refractivity contribution in [2.45, 2.75) is 39.3 Å². The van der Waals surface area contributed by atoms with Crippen molar-refractivity contribution >= 4 is 11.6 Å². The first-order valence-corrected chi connectivity index (χ1v) is 6.35. The van der Waals surface area contributed by atoms with E-state index in [0.29, 0.717) is 18.0 Å². The van der Waals surface area contributed by atoms with Gasteiger partial charge in [0.05, 0.1) is 0 Å². The van der Waals surface area contributed by atoms with E-state index in [1.54, 1.807) is 5.54 Å². The third-order valence-electron chi connectivity index (χ3n) is 3.27. The zero-order valence-corrected chi connectivity index (χ0v) is 10.8. The van der Waals surface area contributed by atoms with E-state index in [-0.39, 0.29) is 0 Å². The second kappa shape index (κ2) is 6.51. The number of hydrogen-bond donors (Lipinski definition) is 1. The summed E-state index contributed by atoms with van der Waals surface area (Å²) in [7, 11) is 0. The van der Waals surface area contributed by atoms with Gasteiger partial charge in [-0.3, -0.25) is 4.90 Å². The number of piperazine rings is 1. The summed E-state index contributed by atoms with van der Waals surface area (Å²) < 4.78 is 0. The summed E-state index contributed by atoms with van der Waals surface area (Å²) >= 11 is 5.59. The zero-order chi connectivity index (χ0) is 11.3. The van der Waals surface area contributed by atoms with Crippen molar-refractivity contribution in [2.75, 3.05) is 19.6 Å². The van der Waals surface area contributed by atoms with Crippen molar-refractivity contribution in [1.82, 2.24) is 10.2 Å². The molecule has 1 saturated heterocycles. The van der Waals surface area contributed by atoms with E-state index in [4.69, 9.17) is 11.6 Å². The molecule has 2 unspecified atom stereocenters. The van der Waals surface area contributed by atoms with Crippen molar-refractivity contribution < 1.29 is 0 Å². The highest BCUT2D eigenvalue weighted by Crippen LogP contribution is 2.14. The van der Waals surface area contributed by atoms with Gasteiger partial charge in [-0.1, -0.05) is 38.4 Å². The van der Waals surface area contributed by atoms with Gasteiger partial charge in [0.2, 0.25) is 0 Å². The van der Waals surface area contributed by atoms with E-state index in [2.05, 4.69) is 31.0 Å². The molecule has 0 aliphatic carbocycles. The van der Waals surface area contributed by atoms with Crippen LogP contribution < -0.4 is 5.32 Å². The molecule has 1 aliphatic heterocycles. The average molecular weight is 231 g/mol. The first kappa shape index (κ1) is 13.0. The molecular weight excluding hydrogens is 208 g/mol. The summed E-state index contributed by atoms with van der Waals surface area (Å²) in [5, 5.41) is 3.63. The summed E-state index contributed by atoms with van der Waals surface area (Å²) in [5.74, 6) is 0.699. The normalized spacial score (nSPS) is 29.1. The molecule has 2 nitrogen and oxygen atoms in total. The predicted octanol–water partition coefficient (Wildman–Crippen LogP) is 2.45. The molecule has 1 heterocycles. The second-order valence-electron chi connectivity index (χ2n) is 4.64. The minimum Gasteiger partial charge on any atom is -0.311 e. The molecule has 0 radical (unpaired) electrons. The van der Waals surface area contributed by atoms with Gasteiger partial charge in [-0.2, -0.15) is 0 Å². The molecule has 88 valence electrons. The van der Waals surface area contributed by atoms with Gasteiger partial charge < -0.3 is 5.32 Å². The number of rotatable bonds is 4. The van der Waals surface area contributed by atoms with E-state index < -0.39 is 0 Å². The van der Waals surface area contributed by atoms with Crippen molar-refractivity contribution in [3.05, 3.63) is 11.6 Å². The highest BCUT2D eigenvalue weighted by molar-refractivity contribution is 6.25. The summed E-state index contributed by atoms with van der Waals surface area (Å²) in [6.07, 6.45) is 3.24. The van der Waals surface area contributed by atoms with Gasteiger partial charge >= 0.3 is 0 Å². The Hall–Kier alpha value is -0.0500.